The Morgan fingerprint density at radius 1 is 1.35 bits per heavy atom. The number of carbonyl (C=O) groups is 1. The standard InChI is InChI=1S/C18H25N3O4S/c1-13(9-12-25-2)19-18(22)14-7-10-21(11-8-14)17-15-5-3-4-6-16(15)26(23,24)20-17/h3-6,13-14H,7-12H2,1-2H3,(H,19,22). The molecule has 142 valence electrons. The van der Waals surface area contributed by atoms with Crippen LogP contribution in [0.4, 0.5) is 0 Å². The van der Waals surface area contributed by atoms with Crippen LogP contribution in [0.3, 0.4) is 0 Å². The number of rotatable bonds is 5. The molecule has 0 saturated carbocycles. The number of ether oxygens (including phenoxy) is 1. The molecule has 7 nitrogen and oxygen atoms in total. The van der Waals surface area contributed by atoms with Crippen molar-refractivity contribution in [2.24, 2.45) is 10.3 Å². The number of hydrogen-bond donors (Lipinski definition) is 1. The first-order valence-electron chi connectivity index (χ1n) is 8.91. The molecule has 2 aliphatic rings. The zero-order chi connectivity index (χ0) is 18.7. The quantitative estimate of drug-likeness (QED) is 0.835. The van der Waals surface area contributed by atoms with Crippen LogP contribution in [0, 0.1) is 5.92 Å². The van der Waals surface area contributed by atoms with E-state index in [2.05, 4.69) is 9.71 Å². The minimum atomic E-state index is -3.60. The van der Waals surface area contributed by atoms with Crippen LogP contribution in [0.5, 0.6) is 0 Å². The minimum Gasteiger partial charge on any atom is -0.385 e. The summed E-state index contributed by atoms with van der Waals surface area (Å²) >= 11 is 0. The summed E-state index contributed by atoms with van der Waals surface area (Å²) in [6.45, 7) is 3.83. The highest BCUT2D eigenvalue weighted by Crippen LogP contribution is 2.29. The molecule has 1 fully saturated rings. The number of hydrogen-bond acceptors (Lipinski definition) is 5. The molecule has 0 aromatic heterocycles. The van der Waals surface area contributed by atoms with E-state index in [1.807, 2.05) is 17.9 Å². The lowest BCUT2D eigenvalue weighted by atomic mass is 9.95. The Bertz CT molecular complexity index is 798. The molecule has 26 heavy (non-hydrogen) atoms. The van der Waals surface area contributed by atoms with Gasteiger partial charge in [0, 0.05) is 44.3 Å². The normalized spacial score (nSPS) is 20.4. The molecule has 1 aromatic carbocycles. The van der Waals surface area contributed by atoms with Gasteiger partial charge in [0.2, 0.25) is 5.91 Å². The van der Waals surface area contributed by atoms with Crippen LogP contribution in [0.25, 0.3) is 0 Å². The van der Waals surface area contributed by atoms with Crippen LogP contribution in [-0.2, 0) is 19.6 Å². The van der Waals surface area contributed by atoms with Gasteiger partial charge in [0.25, 0.3) is 10.0 Å². The molecule has 0 radical (unpaired) electrons. The average molecular weight is 379 g/mol. The van der Waals surface area contributed by atoms with Crippen molar-refractivity contribution in [2.45, 2.75) is 37.1 Å². The highest BCUT2D eigenvalue weighted by molar-refractivity contribution is 7.90. The lowest BCUT2D eigenvalue weighted by molar-refractivity contribution is -0.126. The van der Waals surface area contributed by atoms with Gasteiger partial charge < -0.3 is 15.0 Å². The fraction of sp³-hybridized carbons (Fsp3) is 0.556. The molecule has 1 N–H and O–H groups in total. The van der Waals surface area contributed by atoms with Gasteiger partial charge in [-0.3, -0.25) is 4.79 Å². The van der Waals surface area contributed by atoms with E-state index in [9.17, 15) is 13.2 Å². The third-order valence-corrected chi connectivity index (χ3v) is 6.25. The number of carbonyl (C=O) groups excluding carboxylic acids is 1. The van der Waals surface area contributed by atoms with Crippen molar-refractivity contribution < 1.29 is 17.9 Å². The van der Waals surface area contributed by atoms with Gasteiger partial charge in [-0.15, -0.1) is 4.40 Å². The van der Waals surface area contributed by atoms with Gasteiger partial charge in [0.05, 0.1) is 0 Å². The largest absolute Gasteiger partial charge is 0.385 e. The first-order chi connectivity index (χ1) is 12.4. The summed E-state index contributed by atoms with van der Waals surface area (Å²) < 4.78 is 33.4. The van der Waals surface area contributed by atoms with Crippen LogP contribution in [-0.4, -0.2) is 57.9 Å². The van der Waals surface area contributed by atoms with Crippen molar-refractivity contribution in [3.05, 3.63) is 29.8 Å². The Labute approximate surface area is 154 Å². The molecule has 1 unspecified atom stereocenters. The molecule has 0 aliphatic carbocycles. The zero-order valence-corrected chi connectivity index (χ0v) is 16.0. The zero-order valence-electron chi connectivity index (χ0n) is 15.1. The highest BCUT2D eigenvalue weighted by atomic mass is 32.2. The maximum atomic E-state index is 12.4. The summed E-state index contributed by atoms with van der Waals surface area (Å²) in [5.41, 5.74) is 0.656. The number of likely N-dealkylation sites (tertiary alicyclic amines) is 1. The third kappa shape index (κ3) is 3.91. The van der Waals surface area contributed by atoms with E-state index in [1.54, 1.807) is 25.3 Å². The van der Waals surface area contributed by atoms with Crippen molar-refractivity contribution in [1.82, 2.24) is 10.2 Å². The van der Waals surface area contributed by atoms with Crippen LogP contribution < -0.4 is 5.32 Å². The van der Waals surface area contributed by atoms with Crippen molar-refractivity contribution in [2.75, 3.05) is 26.8 Å². The Morgan fingerprint density at radius 2 is 2.04 bits per heavy atom. The first-order valence-corrected chi connectivity index (χ1v) is 10.3. The molecule has 1 atom stereocenters. The number of nitrogens with zero attached hydrogens (tertiary/aromatic N) is 2. The third-order valence-electron chi connectivity index (χ3n) is 4.92. The summed E-state index contributed by atoms with van der Waals surface area (Å²) in [5.74, 6) is 0.521. The topological polar surface area (TPSA) is 88.1 Å². The number of piperidine rings is 1. The van der Waals surface area contributed by atoms with E-state index < -0.39 is 10.0 Å². The summed E-state index contributed by atoms with van der Waals surface area (Å²) in [7, 11) is -1.96. The van der Waals surface area contributed by atoms with E-state index in [1.165, 1.54) is 0 Å². The van der Waals surface area contributed by atoms with Gasteiger partial charge in [-0.2, -0.15) is 8.42 Å². The second-order valence-electron chi connectivity index (χ2n) is 6.84. The Kier molecular flexibility index (Phi) is 5.62. The van der Waals surface area contributed by atoms with Gasteiger partial charge in [-0.1, -0.05) is 12.1 Å². The molecular weight excluding hydrogens is 354 g/mol. The second kappa shape index (κ2) is 7.75. The Balaban J connectivity index is 1.60. The summed E-state index contributed by atoms with van der Waals surface area (Å²) in [5, 5.41) is 3.03. The smallest absolute Gasteiger partial charge is 0.285 e. The van der Waals surface area contributed by atoms with Gasteiger partial charge in [0.1, 0.15) is 4.90 Å². The van der Waals surface area contributed by atoms with E-state index in [0.717, 1.165) is 6.42 Å². The first kappa shape index (κ1) is 18.8. The number of benzene rings is 1. The maximum absolute atomic E-state index is 12.4. The molecule has 0 spiro atoms. The number of amides is 1. The van der Waals surface area contributed by atoms with Crippen LogP contribution in [0.15, 0.2) is 33.6 Å². The number of sulfonamides is 1. The predicted octanol–water partition coefficient (Wildman–Crippen LogP) is 1.39. The predicted molar refractivity (Wildman–Crippen MR) is 98.6 cm³/mol. The lowest BCUT2D eigenvalue weighted by Gasteiger charge is -2.33. The average Bonchev–Trinajstić information content (AvgIpc) is 2.92. The number of nitrogens with one attached hydrogen (secondary N) is 1. The van der Waals surface area contributed by atoms with Crippen molar-refractivity contribution >= 4 is 21.8 Å². The lowest BCUT2D eigenvalue weighted by Crippen LogP contribution is -2.45. The van der Waals surface area contributed by atoms with Gasteiger partial charge >= 0.3 is 0 Å². The molecule has 2 heterocycles. The minimum absolute atomic E-state index is 0.0508. The maximum Gasteiger partial charge on any atom is 0.285 e. The van der Waals surface area contributed by atoms with E-state index in [-0.39, 0.29) is 22.8 Å². The summed E-state index contributed by atoms with van der Waals surface area (Å²) in [4.78, 5) is 14.6. The van der Waals surface area contributed by atoms with Gasteiger partial charge in [-0.25, -0.2) is 0 Å². The van der Waals surface area contributed by atoms with Crippen molar-refractivity contribution in [3.63, 3.8) is 0 Å². The monoisotopic (exact) mass is 379 g/mol. The van der Waals surface area contributed by atoms with Crippen molar-refractivity contribution in [1.29, 1.82) is 0 Å². The summed E-state index contributed by atoms with van der Waals surface area (Å²) in [6.07, 6.45) is 2.15. The molecule has 1 saturated heterocycles. The Morgan fingerprint density at radius 3 is 2.73 bits per heavy atom. The Hall–Kier alpha value is -1.93. The van der Waals surface area contributed by atoms with E-state index in [0.29, 0.717) is 43.9 Å². The SMILES string of the molecule is COCCC(C)NC(=O)C1CCN(C2=NS(=O)(=O)c3ccccc32)CC1. The highest BCUT2D eigenvalue weighted by Gasteiger charge is 2.34. The van der Waals surface area contributed by atoms with E-state index in [4.69, 9.17) is 4.74 Å². The van der Waals surface area contributed by atoms with Crippen LogP contribution >= 0.6 is 0 Å². The van der Waals surface area contributed by atoms with E-state index >= 15 is 0 Å². The molecule has 2 aliphatic heterocycles. The van der Waals surface area contributed by atoms with Crippen molar-refractivity contribution in [3.8, 4) is 0 Å². The van der Waals surface area contributed by atoms with Gasteiger partial charge in [-0.05, 0) is 38.3 Å². The molecule has 8 heteroatoms. The molecule has 1 aromatic rings. The fourth-order valence-electron chi connectivity index (χ4n) is 3.40. The number of methoxy groups -OCH3 is 1. The molecule has 3 rings (SSSR count). The van der Waals surface area contributed by atoms with Crippen LogP contribution in [0.1, 0.15) is 31.7 Å². The molecule has 0 bridgehead atoms. The van der Waals surface area contributed by atoms with Gasteiger partial charge in [0.15, 0.2) is 5.84 Å². The summed E-state index contributed by atoms with van der Waals surface area (Å²) in [6, 6.07) is 6.97. The second-order valence-corrected chi connectivity index (χ2v) is 8.41. The van der Waals surface area contributed by atoms with Crippen LogP contribution in [0.2, 0.25) is 0 Å². The fourth-order valence-corrected chi connectivity index (χ4v) is 4.63. The number of fused-ring (bicyclic) bond motifs is 1. The number of amidine groups is 1. The molecule has 1 amide bonds. The molecular formula is C18H25N3O4S.